The third-order valence-electron chi connectivity index (χ3n) is 5.42. The topological polar surface area (TPSA) is 55.8 Å². The molecule has 3 aromatic carbocycles. The molecule has 0 fully saturated rings. The maximum Gasteiger partial charge on any atom is 0.333 e. The Kier molecular flexibility index (Phi) is 8.23. The van der Waals surface area contributed by atoms with Crippen LogP contribution in [0, 0.1) is 6.92 Å². The van der Waals surface area contributed by atoms with Gasteiger partial charge in [-0.25, -0.2) is 4.79 Å². The van der Waals surface area contributed by atoms with Gasteiger partial charge in [0.05, 0.1) is 0 Å². The Morgan fingerprint density at radius 1 is 1.00 bits per heavy atom. The Morgan fingerprint density at radius 3 is 2.31 bits per heavy atom. The normalized spacial score (nSPS) is 12.4. The van der Waals surface area contributed by atoms with Gasteiger partial charge in [-0.15, -0.1) is 0 Å². The first-order valence-electron chi connectivity index (χ1n) is 10.9. The molecule has 32 heavy (non-hydrogen) atoms. The lowest BCUT2D eigenvalue weighted by atomic mass is 9.98. The van der Waals surface area contributed by atoms with Gasteiger partial charge in [-0.2, -0.15) is 0 Å². The van der Waals surface area contributed by atoms with E-state index in [4.69, 9.17) is 9.47 Å². The highest BCUT2D eigenvalue weighted by molar-refractivity contribution is 5.73. The minimum Gasteiger partial charge on any atom is -0.490 e. The van der Waals surface area contributed by atoms with Gasteiger partial charge in [0.2, 0.25) is 0 Å². The Morgan fingerprint density at radius 2 is 1.69 bits per heavy atom. The summed E-state index contributed by atoms with van der Waals surface area (Å²) < 4.78 is 11.1. The number of allylic oxidation sites excluding steroid dienone is 1. The van der Waals surface area contributed by atoms with E-state index in [2.05, 4.69) is 68.5 Å². The predicted octanol–water partition coefficient (Wildman–Crippen LogP) is 6.18. The summed E-state index contributed by atoms with van der Waals surface area (Å²) >= 11 is 0. The Balaban J connectivity index is 1.56. The zero-order valence-electron chi connectivity index (χ0n) is 18.9. The van der Waals surface area contributed by atoms with Crippen LogP contribution in [0.3, 0.4) is 0 Å². The first-order chi connectivity index (χ1) is 15.5. The number of aryl methyl sites for hydroxylation is 1. The van der Waals surface area contributed by atoms with E-state index >= 15 is 0 Å². The van der Waals surface area contributed by atoms with Crippen LogP contribution in [-0.4, -0.2) is 30.4 Å². The second-order valence-corrected chi connectivity index (χ2v) is 7.72. The average molecular weight is 431 g/mol. The van der Waals surface area contributed by atoms with Gasteiger partial charge in [-0.05, 0) is 72.4 Å². The molecule has 0 amide bonds. The first kappa shape index (κ1) is 23.3. The standard InChI is InChI=1S/C28H30O4/c1-4-31-27(28(29)30)19-22-9-15-25(16-10-22)32-18-17-20(2)23-11-13-24(14-12-23)26-8-6-5-7-21(26)3/h5-17,27H,4,18-19H2,1-3H3,(H,29,30)/b20-17+/t27-/m0/s1. The zero-order chi connectivity index (χ0) is 22.9. The molecule has 3 rings (SSSR count). The minimum atomic E-state index is -0.945. The van der Waals surface area contributed by atoms with E-state index in [1.807, 2.05) is 24.3 Å². The van der Waals surface area contributed by atoms with E-state index in [0.29, 0.717) is 19.6 Å². The fourth-order valence-corrected chi connectivity index (χ4v) is 3.54. The number of carboxylic acids is 1. The smallest absolute Gasteiger partial charge is 0.333 e. The summed E-state index contributed by atoms with van der Waals surface area (Å²) in [6.07, 6.45) is 1.57. The van der Waals surface area contributed by atoms with E-state index in [1.165, 1.54) is 16.7 Å². The summed E-state index contributed by atoms with van der Waals surface area (Å²) in [5.41, 5.74) is 6.95. The number of benzene rings is 3. The predicted molar refractivity (Wildman–Crippen MR) is 129 cm³/mol. The van der Waals surface area contributed by atoms with Crippen LogP contribution in [0.25, 0.3) is 16.7 Å². The van der Waals surface area contributed by atoms with Crippen molar-refractivity contribution in [3.05, 3.63) is 95.6 Å². The molecular weight excluding hydrogens is 400 g/mol. The van der Waals surface area contributed by atoms with Crippen LogP contribution in [0.2, 0.25) is 0 Å². The van der Waals surface area contributed by atoms with Gasteiger partial charge >= 0.3 is 5.97 Å². The molecule has 4 heteroatoms. The van der Waals surface area contributed by atoms with Crippen molar-refractivity contribution in [2.45, 2.75) is 33.3 Å². The molecule has 0 aliphatic rings. The fraction of sp³-hybridized carbons (Fsp3) is 0.250. The van der Waals surface area contributed by atoms with Gasteiger partial charge in [0, 0.05) is 13.0 Å². The van der Waals surface area contributed by atoms with Gasteiger partial charge in [-0.3, -0.25) is 0 Å². The number of ether oxygens (including phenoxy) is 2. The third kappa shape index (κ3) is 6.32. The average Bonchev–Trinajstić information content (AvgIpc) is 2.80. The van der Waals surface area contributed by atoms with Gasteiger partial charge in [-0.1, -0.05) is 60.7 Å². The molecule has 1 N–H and O–H groups in total. The van der Waals surface area contributed by atoms with Crippen molar-refractivity contribution in [2.75, 3.05) is 13.2 Å². The minimum absolute atomic E-state index is 0.334. The number of carboxylic acid groups (broad SMARTS) is 1. The van der Waals surface area contributed by atoms with Crippen molar-refractivity contribution >= 4 is 11.5 Å². The van der Waals surface area contributed by atoms with Crippen LogP contribution in [0.4, 0.5) is 0 Å². The van der Waals surface area contributed by atoms with Crippen molar-refractivity contribution in [2.24, 2.45) is 0 Å². The molecule has 4 nitrogen and oxygen atoms in total. The van der Waals surface area contributed by atoms with Crippen molar-refractivity contribution in [3.8, 4) is 16.9 Å². The molecule has 0 radical (unpaired) electrons. The van der Waals surface area contributed by atoms with Gasteiger partial charge in [0.15, 0.2) is 6.10 Å². The summed E-state index contributed by atoms with van der Waals surface area (Å²) in [6.45, 7) is 6.83. The Labute approximate surface area is 190 Å². The molecule has 0 saturated carbocycles. The van der Waals surface area contributed by atoms with Crippen molar-refractivity contribution in [1.29, 1.82) is 0 Å². The van der Waals surface area contributed by atoms with Crippen LogP contribution in [0.15, 0.2) is 78.9 Å². The highest BCUT2D eigenvalue weighted by Gasteiger charge is 2.17. The van der Waals surface area contributed by atoms with Gasteiger partial charge < -0.3 is 14.6 Å². The molecule has 1 atom stereocenters. The lowest BCUT2D eigenvalue weighted by molar-refractivity contribution is -0.149. The lowest BCUT2D eigenvalue weighted by Gasteiger charge is -2.12. The highest BCUT2D eigenvalue weighted by atomic mass is 16.5. The monoisotopic (exact) mass is 430 g/mol. The molecular formula is C28H30O4. The first-order valence-corrected chi connectivity index (χ1v) is 10.9. The van der Waals surface area contributed by atoms with Crippen molar-refractivity contribution < 1.29 is 19.4 Å². The largest absolute Gasteiger partial charge is 0.490 e. The van der Waals surface area contributed by atoms with E-state index in [9.17, 15) is 9.90 Å². The van der Waals surface area contributed by atoms with Crippen LogP contribution in [-0.2, 0) is 16.0 Å². The number of rotatable bonds is 10. The van der Waals surface area contributed by atoms with Gasteiger partial charge in [0.25, 0.3) is 0 Å². The molecule has 3 aromatic rings. The SMILES string of the molecule is CCO[C@@H](Cc1ccc(OC/C=C(\C)c2ccc(-c3ccccc3C)cc2)cc1)C(=O)O. The molecule has 0 heterocycles. The summed E-state index contributed by atoms with van der Waals surface area (Å²) in [6, 6.07) is 24.5. The number of hydrogen-bond donors (Lipinski definition) is 1. The maximum atomic E-state index is 11.2. The molecule has 0 aliphatic carbocycles. The van der Waals surface area contributed by atoms with E-state index in [-0.39, 0.29) is 0 Å². The lowest BCUT2D eigenvalue weighted by Crippen LogP contribution is -2.26. The number of carbonyl (C=O) groups is 1. The molecule has 0 aromatic heterocycles. The highest BCUT2D eigenvalue weighted by Crippen LogP contribution is 2.25. The van der Waals surface area contributed by atoms with Crippen LogP contribution in [0.1, 0.15) is 30.5 Å². The van der Waals surface area contributed by atoms with Crippen LogP contribution < -0.4 is 4.74 Å². The third-order valence-corrected chi connectivity index (χ3v) is 5.42. The molecule has 0 unspecified atom stereocenters. The molecule has 0 spiro atoms. The van der Waals surface area contributed by atoms with E-state index < -0.39 is 12.1 Å². The zero-order valence-corrected chi connectivity index (χ0v) is 18.9. The number of hydrogen-bond acceptors (Lipinski definition) is 3. The maximum absolute atomic E-state index is 11.2. The Bertz CT molecular complexity index is 1050. The van der Waals surface area contributed by atoms with E-state index in [0.717, 1.165) is 22.4 Å². The Hall–Kier alpha value is -3.37. The summed E-state index contributed by atoms with van der Waals surface area (Å²) in [5.74, 6) is -0.198. The second-order valence-electron chi connectivity index (χ2n) is 7.72. The molecule has 0 saturated heterocycles. The van der Waals surface area contributed by atoms with Crippen molar-refractivity contribution in [3.63, 3.8) is 0 Å². The fourth-order valence-electron chi connectivity index (χ4n) is 3.54. The van der Waals surface area contributed by atoms with Gasteiger partial charge in [0.1, 0.15) is 12.4 Å². The summed E-state index contributed by atoms with van der Waals surface area (Å²) in [5, 5.41) is 9.21. The summed E-state index contributed by atoms with van der Waals surface area (Å²) in [7, 11) is 0. The second kappa shape index (κ2) is 11.3. The number of aliphatic carboxylic acids is 1. The quantitative estimate of drug-likeness (QED) is 0.417. The van der Waals surface area contributed by atoms with Crippen molar-refractivity contribution in [1.82, 2.24) is 0 Å². The van der Waals surface area contributed by atoms with Crippen LogP contribution >= 0.6 is 0 Å². The van der Waals surface area contributed by atoms with E-state index in [1.54, 1.807) is 6.92 Å². The molecule has 166 valence electrons. The molecule has 0 aliphatic heterocycles. The summed E-state index contributed by atoms with van der Waals surface area (Å²) in [4.78, 5) is 11.2. The van der Waals surface area contributed by atoms with Crippen LogP contribution in [0.5, 0.6) is 5.75 Å². The molecule has 0 bridgehead atoms.